The fourth-order valence-corrected chi connectivity index (χ4v) is 2.03. The number of carboxylic acids is 1. The van der Waals surface area contributed by atoms with Gasteiger partial charge in [0.25, 0.3) is 0 Å². The second-order valence-electron chi connectivity index (χ2n) is 4.78. The Hall–Kier alpha value is -1.88. The molecule has 3 N–H and O–H groups in total. The molecule has 0 saturated carbocycles. The van der Waals surface area contributed by atoms with E-state index in [1.807, 2.05) is 37.3 Å². The van der Waals surface area contributed by atoms with Gasteiger partial charge in [-0.1, -0.05) is 37.3 Å². The fraction of sp³-hybridized carbons (Fsp3) is 0.467. The molecule has 0 radical (unpaired) electrons. The summed E-state index contributed by atoms with van der Waals surface area (Å²) in [7, 11) is 0. The van der Waals surface area contributed by atoms with Gasteiger partial charge in [-0.3, -0.25) is 9.59 Å². The molecule has 20 heavy (non-hydrogen) atoms. The highest BCUT2D eigenvalue weighted by Crippen LogP contribution is 2.06. The van der Waals surface area contributed by atoms with Crippen LogP contribution in [-0.2, 0) is 16.0 Å². The Labute approximate surface area is 119 Å². The van der Waals surface area contributed by atoms with Crippen molar-refractivity contribution in [1.82, 2.24) is 4.90 Å². The lowest BCUT2D eigenvalue weighted by Crippen LogP contribution is -2.46. The van der Waals surface area contributed by atoms with Crippen LogP contribution in [0.2, 0.25) is 0 Å². The highest BCUT2D eigenvalue weighted by Gasteiger charge is 2.22. The average molecular weight is 278 g/mol. The lowest BCUT2D eigenvalue weighted by Gasteiger charge is -2.23. The maximum absolute atomic E-state index is 12.1. The third-order valence-corrected chi connectivity index (χ3v) is 3.04. The largest absolute Gasteiger partial charge is 0.480 e. The Bertz CT molecular complexity index is 434. The van der Waals surface area contributed by atoms with Crippen LogP contribution in [0.4, 0.5) is 0 Å². The number of carboxylic acid groups (broad SMARTS) is 1. The second-order valence-corrected chi connectivity index (χ2v) is 4.78. The van der Waals surface area contributed by atoms with Crippen LogP contribution >= 0.6 is 0 Å². The molecule has 0 heterocycles. The number of nitrogens with two attached hydrogens (primary N) is 1. The van der Waals surface area contributed by atoms with E-state index in [1.54, 1.807) is 0 Å². The van der Waals surface area contributed by atoms with Crippen molar-refractivity contribution in [2.24, 2.45) is 5.73 Å². The molecule has 5 heteroatoms. The zero-order valence-corrected chi connectivity index (χ0v) is 11.8. The molecule has 0 spiro atoms. The summed E-state index contributed by atoms with van der Waals surface area (Å²) in [6, 6.07) is 9.13. The SMILES string of the molecule is CCCN(CC(=O)O)C(=O)[C@@H](N)CCc1ccccc1. The minimum absolute atomic E-state index is 0.286. The fourth-order valence-electron chi connectivity index (χ4n) is 2.03. The van der Waals surface area contributed by atoms with Crippen LogP contribution in [0.3, 0.4) is 0 Å². The van der Waals surface area contributed by atoms with Crippen molar-refractivity contribution in [3.05, 3.63) is 35.9 Å². The van der Waals surface area contributed by atoms with Crippen molar-refractivity contribution in [1.29, 1.82) is 0 Å². The molecule has 0 fully saturated rings. The van der Waals surface area contributed by atoms with Crippen molar-refractivity contribution in [3.63, 3.8) is 0 Å². The Kier molecular flexibility index (Phi) is 6.73. The monoisotopic (exact) mass is 278 g/mol. The Balaban J connectivity index is 2.53. The molecule has 0 unspecified atom stereocenters. The van der Waals surface area contributed by atoms with Crippen LogP contribution in [0.1, 0.15) is 25.3 Å². The molecule has 1 aromatic carbocycles. The molecule has 110 valence electrons. The summed E-state index contributed by atoms with van der Waals surface area (Å²) in [5, 5.41) is 8.81. The van der Waals surface area contributed by atoms with Crippen molar-refractivity contribution in [2.45, 2.75) is 32.2 Å². The zero-order valence-electron chi connectivity index (χ0n) is 11.8. The summed E-state index contributed by atoms with van der Waals surface area (Å²) < 4.78 is 0. The van der Waals surface area contributed by atoms with E-state index < -0.39 is 12.0 Å². The molecule has 1 aromatic rings. The quantitative estimate of drug-likeness (QED) is 0.750. The number of nitrogens with zero attached hydrogens (tertiary/aromatic N) is 1. The Morgan fingerprint density at radius 3 is 2.50 bits per heavy atom. The number of carbonyl (C=O) groups excluding carboxylic acids is 1. The number of hydrogen-bond acceptors (Lipinski definition) is 3. The van der Waals surface area contributed by atoms with Crippen LogP contribution in [0, 0.1) is 0 Å². The van der Waals surface area contributed by atoms with E-state index in [9.17, 15) is 9.59 Å². The summed E-state index contributed by atoms with van der Waals surface area (Å²) in [5.74, 6) is -1.30. The summed E-state index contributed by atoms with van der Waals surface area (Å²) in [6.45, 7) is 2.04. The third kappa shape index (κ3) is 5.40. The van der Waals surface area contributed by atoms with E-state index in [2.05, 4.69) is 0 Å². The standard InChI is InChI=1S/C15H22N2O3/c1-2-10-17(11-14(18)19)15(20)13(16)9-8-12-6-4-3-5-7-12/h3-7,13H,2,8-11,16H2,1H3,(H,18,19)/t13-/m0/s1. The van der Waals surface area contributed by atoms with Gasteiger partial charge >= 0.3 is 5.97 Å². The molecule has 5 nitrogen and oxygen atoms in total. The van der Waals surface area contributed by atoms with Gasteiger partial charge in [0.1, 0.15) is 6.54 Å². The number of carbonyl (C=O) groups is 2. The minimum Gasteiger partial charge on any atom is -0.480 e. The number of hydrogen-bond donors (Lipinski definition) is 2. The first-order valence-corrected chi connectivity index (χ1v) is 6.84. The Morgan fingerprint density at radius 1 is 1.30 bits per heavy atom. The van der Waals surface area contributed by atoms with E-state index in [4.69, 9.17) is 10.8 Å². The van der Waals surface area contributed by atoms with Crippen molar-refractivity contribution < 1.29 is 14.7 Å². The molecule has 0 aliphatic rings. The molecule has 0 bridgehead atoms. The second kappa shape index (κ2) is 8.32. The highest BCUT2D eigenvalue weighted by molar-refractivity contribution is 5.85. The van der Waals surface area contributed by atoms with Crippen LogP contribution in [0.15, 0.2) is 30.3 Å². The van der Waals surface area contributed by atoms with Crippen molar-refractivity contribution in [2.75, 3.05) is 13.1 Å². The molecule has 1 atom stereocenters. The Morgan fingerprint density at radius 2 is 1.95 bits per heavy atom. The zero-order chi connectivity index (χ0) is 15.0. The van der Waals surface area contributed by atoms with Gasteiger partial charge in [0.2, 0.25) is 5.91 Å². The van der Waals surface area contributed by atoms with Gasteiger partial charge < -0.3 is 15.7 Å². The molecular weight excluding hydrogens is 256 g/mol. The minimum atomic E-state index is -1.01. The number of rotatable bonds is 8. The first-order valence-electron chi connectivity index (χ1n) is 6.84. The summed E-state index contributed by atoms with van der Waals surface area (Å²) >= 11 is 0. The molecule has 1 amide bonds. The number of aliphatic carboxylic acids is 1. The van der Waals surface area contributed by atoms with Crippen molar-refractivity contribution in [3.8, 4) is 0 Å². The van der Waals surface area contributed by atoms with Gasteiger partial charge in [0.05, 0.1) is 6.04 Å². The van der Waals surface area contributed by atoms with Gasteiger partial charge in [0, 0.05) is 6.54 Å². The molecule has 0 aromatic heterocycles. The van der Waals surface area contributed by atoms with Crippen LogP contribution in [0.25, 0.3) is 0 Å². The first-order chi connectivity index (χ1) is 9.54. The maximum Gasteiger partial charge on any atom is 0.323 e. The van der Waals surface area contributed by atoms with Crippen LogP contribution in [-0.4, -0.2) is 41.0 Å². The van der Waals surface area contributed by atoms with E-state index in [-0.39, 0.29) is 12.5 Å². The number of aryl methyl sites for hydroxylation is 1. The normalized spacial score (nSPS) is 11.9. The maximum atomic E-state index is 12.1. The lowest BCUT2D eigenvalue weighted by atomic mass is 10.0. The van der Waals surface area contributed by atoms with Gasteiger partial charge in [-0.25, -0.2) is 0 Å². The molecule has 0 aliphatic carbocycles. The summed E-state index contributed by atoms with van der Waals surface area (Å²) in [4.78, 5) is 24.2. The van der Waals surface area contributed by atoms with E-state index in [0.717, 1.165) is 5.56 Å². The average Bonchev–Trinajstić information content (AvgIpc) is 2.44. The van der Waals surface area contributed by atoms with E-state index >= 15 is 0 Å². The van der Waals surface area contributed by atoms with E-state index in [1.165, 1.54) is 4.90 Å². The smallest absolute Gasteiger partial charge is 0.323 e. The molecular formula is C15H22N2O3. The van der Waals surface area contributed by atoms with Gasteiger partial charge in [-0.15, -0.1) is 0 Å². The molecule has 0 saturated heterocycles. The lowest BCUT2D eigenvalue weighted by molar-refractivity contribution is -0.145. The van der Waals surface area contributed by atoms with Crippen molar-refractivity contribution >= 4 is 11.9 Å². The predicted octanol–water partition coefficient (Wildman–Crippen LogP) is 1.27. The number of benzene rings is 1. The summed E-state index contributed by atoms with van der Waals surface area (Å²) in [5.41, 5.74) is 7.01. The van der Waals surface area contributed by atoms with Gasteiger partial charge in [0.15, 0.2) is 0 Å². The van der Waals surface area contributed by atoms with Gasteiger partial charge in [-0.2, -0.15) is 0 Å². The summed E-state index contributed by atoms with van der Waals surface area (Å²) in [6.07, 6.45) is 1.94. The third-order valence-electron chi connectivity index (χ3n) is 3.04. The molecule has 0 aliphatic heterocycles. The highest BCUT2D eigenvalue weighted by atomic mass is 16.4. The van der Waals surface area contributed by atoms with Crippen LogP contribution in [0.5, 0.6) is 0 Å². The number of amides is 1. The predicted molar refractivity (Wildman–Crippen MR) is 77.2 cm³/mol. The van der Waals surface area contributed by atoms with Crippen LogP contribution < -0.4 is 5.73 Å². The molecule has 1 rings (SSSR count). The first kappa shape index (κ1) is 16.2. The topological polar surface area (TPSA) is 83.6 Å². The van der Waals surface area contributed by atoms with Gasteiger partial charge in [-0.05, 0) is 24.8 Å². The van der Waals surface area contributed by atoms with E-state index in [0.29, 0.717) is 25.8 Å².